The van der Waals surface area contributed by atoms with Crippen molar-refractivity contribution < 1.29 is 4.43 Å². The minimum Gasteiger partial charge on any atom is -0.416 e. The monoisotopic (exact) mass is 427 g/mol. The van der Waals surface area contributed by atoms with Crippen molar-refractivity contribution in [3.8, 4) is 0 Å². The van der Waals surface area contributed by atoms with Gasteiger partial charge in [-0.3, -0.25) is 9.80 Å². The Hall–Kier alpha value is -0.403. The van der Waals surface area contributed by atoms with Crippen LogP contribution in [0.25, 0.3) is 0 Å². The van der Waals surface area contributed by atoms with Gasteiger partial charge in [-0.1, -0.05) is 26.8 Å². The van der Waals surface area contributed by atoms with E-state index in [4.69, 9.17) is 10.2 Å². The van der Waals surface area contributed by atoms with Crippen LogP contribution in [0, 0.1) is 0 Å². The number of nitrogen functional groups attached to an aromatic ring is 1. The molecule has 2 rings (SSSR count). The maximum absolute atomic E-state index is 6.31. The number of nitrogens with two attached hydrogens (primary N) is 1. The average Bonchev–Trinajstić information content (AvgIpc) is 2.51. The molecule has 0 atom stereocenters. The number of benzene rings is 1. The zero-order chi connectivity index (χ0) is 18.7. The molecular weight excluding hydrogens is 394 g/mol. The summed E-state index contributed by atoms with van der Waals surface area (Å²) >= 11 is 3.52. The van der Waals surface area contributed by atoms with Crippen molar-refractivity contribution >= 4 is 29.9 Å². The van der Waals surface area contributed by atoms with Crippen LogP contribution in [0.1, 0.15) is 26.3 Å². The summed E-state index contributed by atoms with van der Waals surface area (Å²) in [7, 11) is -1.62. The smallest absolute Gasteiger partial charge is 0.192 e. The molecule has 4 nitrogen and oxygen atoms in total. The summed E-state index contributed by atoms with van der Waals surface area (Å²) in [6, 6.07) is 6.24. The molecule has 1 saturated heterocycles. The molecule has 1 aliphatic rings. The Balaban J connectivity index is 1.72. The molecule has 0 bridgehead atoms. The first-order valence-electron chi connectivity index (χ1n) is 9.21. The van der Waals surface area contributed by atoms with Crippen molar-refractivity contribution in [3.05, 3.63) is 28.2 Å². The number of halogens is 1. The highest BCUT2D eigenvalue weighted by Crippen LogP contribution is 2.36. The second kappa shape index (κ2) is 8.52. The van der Waals surface area contributed by atoms with Gasteiger partial charge in [-0.05, 0) is 51.8 Å². The normalized spacial score (nSPS) is 17.8. The van der Waals surface area contributed by atoms with Gasteiger partial charge in [-0.2, -0.15) is 0 Å². The van der Waals surface area contributed by atoms with E-state index in [1.54, 1.807) is 0 Å². The van der Waals surface area contributed by atoms with Crippen LogP contribution in [0.3, 0.4) is 0 Å². The average molecular weight is 428 g/mol. The van der Waals surface area contributed by atoms with Crippen LogP contribution in [-0.2, 0) is 11.0 Å². The fourth-order valence-electron chi connectivity index (χ4n) is 2.74. The summed E-state index contributed by atoms with van der Waals surface area (Å²) in [5, 5.41) is 0.291. The molecule has 1 aromatic rings. The molecule has 6 heteroatoms. The minimum absolute atomic E-state index is 0.291. The fraction of sp³-hybridized carbons (Fsp3) is 0.684. The molecule has 1 heterocycles. The van der Waals surface area contributed by atoms with Gasteiger partial charge in [0.15, 0.2) is 8.32 Å². The maximum Gasteiger partial charge on any atom is 0.192 e. The third-order valence-electron chi connectivity index (χ3n) is 5.61. The lowest BCUT2D eigenvalue weighted by atomic mass is 10.2. The number of hydrogen-bond donors (Lipinski definition) is 1. The lowest BCUT2D eigenvalue weighted by molar-refractivity contribution is 0.110. The lowest BCUT2D eigenvalue weighted by Crippen LogP contribution is -2.48. The largest absolute Gasteiger partial charge is 0.416 e. The number of anilines is 1. The molecule has 0 aromatic heterocycles. The predicted octanol–water partition coefficient (Wildman–Crippen LogP) is 4.17. The second-order valence-electron chi connectivity index (χ2n) is 8.58. The SMILES string of the molecule is CC(C)(C)[Si](C)(C)OCCN1CCN(Cc2ccc(N)c(Br)c2)CC1. The van der Waals surface area contributed by atoms with E-state index in [-0.39, 0.29) is 0 Å². The van der Waals surface area contributed by atoms with E-state index in [0.29, 0.717) is 5.04 Å². The van der Waals surface area contributed by atoms with E-state index in [1.807, 2.05) is 6.07 Å². The Morgan fingerprint density at radius 2 is 1.72 bits per heavy atom. The third-order valence-corrected chi connectivity index (χ3v) is 10.8. The summed E-state index contributed by atoms with van der Waals surface area (Å²) < 4.78 is 7.30. The molecule has 142 valence electrons. The van der Waals surface area contributed by atoms with E-state index in [9.17, 15) is 0 Å². The molecule has 1 aromatic carbocycles. The number of hydrogen-bond acceptors (Lipinski definition) is 4. The molecule has 0 radical (unpaired) electrons. The zero-order valence-corrected chi connectivity index (χ0v) is 19.0. The van der Waals surface area contributed by atoms with Gasteiger partial charge in [-0.25, -0.2) is 0 Å². The van der Waals surface area contributed by atoms with Gasteiger partial charge in [0, 0.05) is 56.0 Å². The van der Waals surface area contributed by atoms with Gasteiger partial charge >= 0.3 is 0 Å². The summed E-state index contributed by atoms with van der Waals surface area (Å²) in [5.41, 5.74) is 7.98. The van der Waals surface area contributed by atoms with E-state index in [1.165, 1.54) is 5.56 Å². The quantitative estimate of drug-likeness (QED) is 0.546. The predicted molar refractivity (Wildman–Crippen MR) is 113 cm³/mol. The molecule has 0 unspecified atom stereocenters. The van der Waals surface area contributed by atoms with Crippen LogP contribution >= 0.6 is 15.9 Å². The highest BCUT2D eigenvalue weighted by atomic mass is 79.9. The zero-order valence-electron chi connectivity index (χ0n) is 16.4. The standard InChI is InChI=1S/C19H34BrN3OSi/c1-19(2,3)25(4,5)24-13-12-22-8-10-23(11-9-22)15-16-6-7-18(21)17(20)14-16/h6-7,14H,8-13,15,21H2,1-5H3. The van der Waals surface area contributed by atoms with Gasteiger partial charge in [0.1, 0.15) is 0 Å². The van der Waals surface area contributed by atoms with Crippen LogP contribution in [-0.4, -0.2) is 57.4 Å². The second-order valence-corrected chi connectivity index (χ2v) is 14.2. The first-order chi connectivity index (χ1) is 11.6. The van der Waals surface area contributed by atoms with Crippen molar-refractivity contribution in [3.63, 3.8) is 0 Å². The van der Waals surface area contributed by atoms with Crippen molar-refractivity contribution in [1.82, 2.24) is 9.80 Å². The number of rotatable bonds is 6. The summed E-state index contributed by atoms with van der Waals surface area (Å²) in [6.45, 7) is 18.9. The lowest BCUT2D eigenvalue weighted by Gasteiger charge is -2.38. The van der Waals surface area contributed by atoms with Crippen molar-refractivity contribution in [2.45, 2.75) is 45.4 Å². The van der Waals surface area contributed by atoms with Gasteiger partial charge < -0.3 is 10.2 Å². The topological polar surface area (TPSA) is 41.7 Å². The van der Waals surface area contributed by atoms with Gasteiger partial charge in [-0.15, -0.1) is 0 Å². The van der Waals surface area contributed by atoms with Crippen LogP contribution < -0.4 is 5.73 Å². The first kappa shape index (κ1) is 20.9. The van der Waals surface area contributed by atoms with E-state index >= 15 is 0 Å². The molecule has 0 saturated carbocycles. The van der Waals surface area contributed by atoms with Crippen molar-refractivity contribution in [1.29, 1.82) is 0 Å². The first-order valence-corrected chi connectivity index (χ1v) is 12.9. The Kier molecular flexibility index (Phi) is 7.13. The molecular formula is C19H34BrN3OSi. The molecule has 2 N–H and O–H groups in total. The van der Waals surface area contributed by atoms with Crippen LogP contribution in [0.4, 0.5) is 5.69 Å². The Bertz CT molecular complexity index is 566. The van der Waals surface area contributed by atoms with Crippen LogP contribution in [0.2, 0.25) is 18.1 Å². The van der Waals surface area contributed by atoms with E-state index in [2.05, 4.69) is 71.7 Å². The Labute approximate surface area is 163 Å². The molecule has 1 fully saturated rings. The third kappa shape index (κ3) is 6.07. The summed E-state index contributed by atoms with van der Waals surface area (Å²) in [6.07, 6.45) is 0. The maximum atomic E-state index is 6.31. The highest BCUT2D eigenvalue weighted by Gasteiger charge is 2.37. The van der Waals surface area contributed by atoms with Gasteiger partial charge in [0.25, 0.3) is 0 Å². The minimum atomic E-state index is -1.62. The van der Waals surface area contributed by atoms with E-state index in [0.717, 1.165) is 56.0 Å². The summed E-state index contributed by atoms with van der Waals surface area (Å²) in [5.74, 6) is 0. The van der Waals surface area contributed by atoms with Gasteiger partial charge in [0.05, 0.1) is 0 Å². The molecule has 25 heavy (non-hydrogen) atoms. The van der Waals surface area contributed by atoms with Gasteiger partial charge in [0.2, 0.25) is 0 Å². The highest BCUT2D eigenvalue weighted by molar-refractivity contribution is 9.10. The number of piperazine rings is 1. The molecule has 0 amide bonds. The Morgan fingerprint density at radius 3 is 2.28 bits per heavy atom. The molecule has 0 spiro atoms. The van der Waals surface area contributed by atoms with E-state index < -0.39 is 8.32 Å². The number of nitrogens with zero attached hydrogens (tertiary/aromatic N) is 2. The van der Waals surface area contributed by atoms with Crippen LogP contribution in [0.15, 0.2) is 22.7 Å². The van der Waals surface area contributed by atoms with Crippen LogP contribution in [0.5, 0.6) is 0 Å². The van der Waals surface area contributed by atoms with Crippen molar-refractivity contribution in [2.75, 3.05) is 45.1 Å². The molecule has 1 aliphatic heterocycles. The molecule has 0 aliphatic carbocycles. The Morgan fingerprint density at radius 1 is 1.12 bits per heavy atom. The van der Waals surface area contributed by atoms with Crippen molar-refractivity contribution in [2.24, 2.45) is 0 Å². The fourth-order valence-corrected chi connectivity index (χ4v) is 4.21. The summed E-state index contributed by atoms with van der Waals surface area (Å²) in [4.78, 5) is 5.05.